The van der Waals surface area contributed by atoms with Crippen molar-refractivity contribution in [3.8, 4) is 0 Å². The summed E-state index contributed by atoms with van der Waals surface area (Å²) in [6.07, 6.45) is -1.54. The molecule has 1 nitrogen and oxygen atoms in total. The van der Waals surface area contributed by atoms with Crippen LogP contribution in [-0.2, 0) is 0 Å². The van der Waals surface area contributed by atoms with Crippen LogP contribution in [0.25, 0.3) is 0 Å². The normalized spacial score (nSPS) is 12.5. The average Bonchev–Trinajstić information content (AvgIpc) is 2.35. The maximum atomic E-state index is 13.5. The monoisotopic (exact) mass is 334 g/mol. The number of hydrogen-bond acceptors (Lipinski definition) is 1. The third-order valence-electron chi connectivity index (χ3n) is 2.62. The van der Waals surface area contributed by atoms with Crippen LogP contribution in [0.5, 0.6) is 0 Å². The molecule has 6 heteroatoms. The van der Waals surface area contributed by atoms with Crippen LogP contribution in [-0.4, -0.2) is 5.11 Å². The number of benzene rings is 2. The molecule has 0 spiro atoms. The summed E-state index contributed by atoms with van der Waals surface area (Å²) < 4.78 is 52.3. The molecule has 0 aliphatic rings. The predicted molar refractivity (Wildman–Crippen MR) is 64.5 cm³/mol. The summed E-state index contributed by atoms with van der Waals surface area (Å²) in [4.78, 5) is 0. The van der Waals surface area contributed by atoms with Crippen molar-refractivity contribution in [3.05, 3.63) is 69.2 Å². The summed E-state index contributed by atoms with van der Waals surface area (Å²) >= 11 is 2.80. The smallest absolute Gasteiger partial charge is 0.173 e. The highest BCUT2D eigenvalue weighted by Gasteiger charge is 2.21. The van der Waals surface area contributed by atoms with E-state index in [2.05, 4.69) is 15.9 Å². The second-order valence-corrected chi connectivity index (χ2v) is 4.63. The number of aliphatic hydroxyl groups is 1. The third-order valence-corrected chi connectivity index (χ3v) is 3.42. The van der Waals surface area contributed by atoms with E-state index in [0.717, 1.165) is 24.3 Å². The summed E-state index contributed by atoms with van der Waals surface area (Å²) in [6, 6.07) is 4.56. The fourth-order valence-corrected chi connectivity index (χ4v) is 2.18. The SMILES string of the molecule is OC(c1ccc(F)cc1F)c1ccc(F)c(F)c1Br. The lowest BCUT2D eigenvalue weighted by Gasteiger charge is -2.14. The Morgan fingerprint density at radius 2 is 1.53 bits per heavy atom. The highest BCUT2D eigenvalue weighted by molar-refractivity contribution is 9.10. The lowest BCUT2D eigenvalue weighted by atomic mass is 10.0. The van der Waals surface area contributed by atoms with E-state index in [-0.39, 0.29) is 15.6 Å². The quantitative estimate of drug-likeness (QED) is 0.648. The van der Waals surface area contributed by atoms with E-state index in [4.69, 9.17) is 0 Å². The molecule has 0 saturated carbocycles. The zero-order valence-corrected chi connectivity index (χ0v) is 10.9. The molecule has 1 N–H and O–H groups in total. The van der Waals surface area contributed by atoms with Crippen LogP contribution >= 0.6 is 15.9 Å². The molecule has 2 aromatic carbocycles. The van der Waals surface area contributed by atoms with E-state index in [1.807, 2.05) is 0 Å². The van der Waals surface area contributed by atoms with Crippen molar-refractivity contribution in [2.75, 3.05) is 0 Å². The number of halogens is 5. The topological polar surface area (TPSA) is 20.2 Å². The Bertz CT molecular complexity index is 630. The van der Waals surface area contributed by atoms with Gasteiger partial charge in [-0.05, 0) is 28.1 Å². The molecule has 0 radical (unpaired) electrons. The van der Waals surface area contributed by atoms with Crippen molar-refractivity contribution in [2.45, 2.75) is 6.10 Å². The van der Waals surface area contributed by atoms with Gasteiger partial charge in [-0.25, -0.2) is 17.6 Å². The average molecular weight is 335 g/mol. The number of hydrogen-bond donors (Lipinski definition) is 1. The predicted octanol–water partition coefficient (Wildman–Crippen LogP) is 4.09. The van der Waals surface area contributed by atoms with Crippen molar-refractivity contribution >= 4 is 15.9 Å². The molecular formula is C13H7BrF4O. The van der Waals surface area contributed by atoms with Crippen LogP contribution in [0.4, 0.5) is 17.6 Å². The Morgan fingerprint density at radius 1 is 0.895 bits per heavy atom. The first-order valence-electron chi connectivity index (χ1n) is 5.18. The van der Waals surface area contributed by atoms with E-state index in [1.54, 1.807) is 0 Å². The minimum atomic E-state index is -1.54. The van der Waals surface area contributed by atoms with Crippen LogP contribution in [0.1, 0.15) is 17.2 Å². The van der Waals surface area contributed by atoms with E-state index >= 15 is 0 Å². The van der Waals surface area contributed by atoms with Crippen molar-refractivity contribution in [3.63, 3.8) is 0 Å². The highest BCUT2D eigenvalue weighted by Crippen LogP contribution is 2.32. The molecular weight excluding hydrogens is 328 g/mol. The van der Waals surface area contributed by atoms with E-state index < -0.39 is 29.4 Å². The lowest BCUT2D eigenvalue weighted by molar-refractivity contribution is 0.213. The first-order valence-corrected chi connectivity index (χ1v) is 5.97. The molecule has 2 aromatic rings. The maximum absolute atomic E-state index is 13.5. The lowest BCUT2D eigenvalue weighted by Crippen LogP contribution is -2.05. The zero-order chi connectivity index (χ0) is 14.2. The Labute approximate surface area is 114 Å². The molecule has 19 heavy (non-hydrogen) atoms. The minimum absolute atomic E-state index is 0.0515. The molecule has 0 saturated heterocycles. The van der Waals surface area contributed by atoms with Gasteiger partial charge >= 0.3 is 0 Å². The van der Waals surface area contributed by atoms with E-state index in [1.165, 1.54) is 0 Å². The van der Waals surface area contributed by atoms with Crippen LogP contribution in [0.2, 0.25) is 0 Å². The molecule has 0 aromatic heterocycles. The molecule has 0 amide bonds. The van der Waals surface area contributed by atoms with Crippen LogP contribution in [0.3, 0.4) is 0 Å². The van der Waals surface area contributed by atoms with Crippen molar-refractivity contribution in [1.29, 1.82) is 0 Å². The van der Waals surface area contributed by atoms with Crippen molar-refractivity contribution in [1.82, 2.24) is 0 Å². The summed E-state index contributed by atoms with van der Waals surface area (Å²) in [6.45, 7) is 0. The zero-order valence-electron chi connectivity index (χ0n) is 9.30. The van der Waals surface area contributed by atoms with Gasteiger partial charge in [0.05, 0.1) is 4.47 Å². The van der Waals surface area contributed by atoms with Gasteiger partial charge in [0, 0.05) is 17.2 Å². The van der Waals surface area contributed by atoms with Gasteiger partial charge in [0.1, 0.15) is 17.7 Å². The second-order valence-electron chi connectivity index (χ2n) is 3.83. The fraction of sp³-hybridized carbons (Fsp3) is 0.0769. The molecule has 0 aliphatic heterocycles. The molecule has 100 valence electrons. The van der Waals surface area contributed by atoms with Crippen LogP contribution in [0, 0.1) is 23.3 Å². The second kappa shape index (κ2) is 5.30. The number of aliphatic hydroxyl groups excluding tert-OH is 1. The first kappa shape index (κ1) is 14.0. The molecule has 0 heterocycles. The summed E-state index contributed by atoms with van der Waals surface area (Å²) in [5.41, 5.74) is -0.280. The van der Waals surface area contributed by atoms with Gasteiger partial charge in [-0.15, -0.1) is 0 Å². The van der Waals surface area contributed by atoms with Crippen molar-refractivity contribution < 1.29 is 22.7 Å². The van der Waals surface area contributed by atoms with Gasteiger partial charge in [-0.3, -0.25) is 0 Å². The molecule has 1 atom stereocenters. The molecule has 0 aliphatic carbocycles. The summed E-state index contributed by atoms with van der Waals surface area (Å²) in [5.74, 6) is -4.04. The minimum Gasteiger partial charge on any atom is -0.384 e. The number of rotatable bonds is 2. The van der Waals surface area contributed by atoms with Crippen LogP contribution < -0.4 is 0 Å². The molecule has 0 fully saturated rings. The van der Waals surface area contributed by atoms with Gasteiger partial charge in [-0.1, -0.05) is 12.1 Å². The summed E-state index contributed by atoms with van der Waals surface area (Å²) in [7, 11) is 0. The fourth-order valence-electron chi connectivity index (χ4n) is 1.64. The Morgan fingerprint density at radius 3 is 2.16 bits per heavy atom. The van der Waals surface area contributed by atoms with Gasteiger partial charge in [-0.2, -0.15) is 0 Å². The Kier molecular flexibility index (Phi) is 3.91. The Hall–Kier alpha value is -1.40. The summed E-state index contributed by atoms with van der Waals surface area (Å²) in [5, 5.41) is 9.98. The van der Waals surface area contributed by atoms with E-state index in [9.17, 15) is 22.7 Å². The standard InChI is InChI=1S/C13H7BrF4O/c14-11-8(3-4-9(16)12(11)18)13(19)7-2-1-6(15)5-10(7)17/h1-5,13,19H. The first-order chi connectivity index (χ1) is 8.91. The Balaban J connectivity index is 2.50. The van der Waals surface area contributed by atoms with Gasteiger partial charge in [0.2, 0.25) is 0 Å². The van der Waals surface area contributed by atoms with Gasteiger partial charge < -0.3 is 5.11 Å². The third kappa shape index (κ3) is 2.64. The van der Waals surface area contributed by atoms with Crippen molar-refractivity contribution in [2.24, 2.45) is 0 Å². The molecule has 1 unspecified atom stereocenters. The highest BCUT2D eigenvalue weighted by atomic mass is 79.9. The van der Waals surface area contributed by atoms with Gasteiger partial charge in [0.25, 0.3) is 0 Å². The van der Waals surface area contributed by atoms with Crippen LogP contribution in [0.15, 0.2) is 34.8 Å². The largest absolute Gasteiger partial charge is 0.384 e. The maximum Gasteiger partial charge on any atom is 0.173 e. The van der Waals surface area contributed by atoms with E-state index in [0.29, 0.717) is 6.07 Å². The molecule has 0 bridgehead atoms. The molecule has 2 rings (SSSR count). The van der Waals surface area contributed by atoms with Gasteiger partial charge in [0.15, 0.2) is 11.6 Å².